The summed E-state index contributed by atoms with van der Waals surface area (Å²) in [5, 5.41) is 15.1. The summed E-state index contributed by atoms with van der Waals surface area (Å²) >= 11 is 0. The molecule has 1 aromatic heterocycles. The molecule has 0 saturated carbocycles. The second-order valence-corrected chi connectivity index (χ2v) is 6.19. The second-order valence-electron chi connectivity index (χ2n) is 6.19. The number of aryl methyl sites for hydroxylation is 1. The van der Waals surface area contributed by atoms with Gasteiger partial charge in [0.25, 0.3) is 5.91 Å². The minimum Gasteiger partial charge on any atom is -0.546 e. The van der Waals surface area contributed by atoms with Gasteiger partial charge in [-0.1, -0.05) is 12.1 Å². The molecule has 9 nitrogen and oxygen atoms in total. The van der Waals surface area contributed by atoms with Crippen LogP contribution in [-0.4, -0.2) is 31.3 Å². The lowest BCUT2D eigenvalue weighted by Crippen LogP contribution is -2.29. The van der Waals surface area contributed by atoms with Gasteiger partial charge in [-0.25, -0.2) is 10.2 Å². The summed E-state index contributed by atoms with van der Waals surface area (Å²) in [5.74, 6) is -1.24. The second kappa shape index (κ2) is 9.37. The van der Waals surface area contributed by atoms with E-state index in [1.54, 1.807) is 43.3 Å². The highest BCUT2D eigenvalue weighted by Crippen LogP contribution is 2.22. The summed E-state index contributed by atoms with van der Waals surface area (Å²) in [6.45, 7) is 0.880. The van der Waals surface area contributed by atoms with Gasteiger partial charge < -0.3 is 23.8 Å². The number of hydrazone groups is 1. The number of ether oxygens (including phenoxy) is 2. The van der Waals surface area contributed by atoms with Crippen molar-refractivity contribution in [3.8, 4) is 11.5 Å². The number of hydrogen-bond acceptors (Lipinski definition) is 8. The molecule has 1 heterocycles. The number of nitrogens with one attached hydrogen (secondary N) is 1. The van der Waals surface area contributed by atoms with E-state index in [1.165, 1.54) is 18.3 Å². The lowest BCUT2D eigenvalue weighted by molar-refractivity contribution is -0.307. The molecule has 0 aliphatic rings. The minimum absolute atomic E-state index is 0.281. The maximum absolute atomic E-state index is 11.9. The van der Waals surface area contributed by atoms with E-state index in [-0.39, 0.29) is 12.4 Å². The monoisotopic (exact) mass is 409 g/mol. The average molecular weight is 409 g/mol. The summed E-state index contributed by atoms with van der Waals surface area (Å²) in [7, 11) is 0. The Morgan fingerprint density at radius 1 is 1.13 bits per heavy atom. The molecular formula is C21H17N2O7-. The Labute approximate surface area is 170 Å². The van der Waals surface area contributed by atoms with Crippen LogP contribution in [0.5, 0.6) is 11.5 Å². The molecule has 1 amide bonds. The standard InChI is InChI=1S/C21H18N2O7/c1-13-8-21(27)30-18-9-15(6-7-16(13)18)28-11-19(24)23-22-10-14-4-2-3-5-17(14)29-12-20(25)26/h2-10H,11-12H2,1H3,(H,23,24)(H,25,26)/p-1/b22-10-. The van der Waals surface area contributed by atoms with E-state index in [0.29, 0.717) is 16.9 Å². The van der Waals surface area contributed by atoms with Gasteiger partial charge in [0.2, 0.25) is 0 Å². The largest absolute Gasteiger partial charge is 0.546 e. The van der Waals surface area contributed by atoms with Gasteiger partial charge in [0.15, 0.2) is 6.61 Å². The van der Waals surface area contributed by atoms with Crippen molar-refractivity contribution in [1.29, 1.82) is 0 Å². The fourth-order valence-corrected chi connectivity index (χ4v) is 2.61. The van der Waals surface area contributed by atoms with E-state index >= 15 is 0 Å². The number of hydrogen-bond donors (Lipinski definition) is 1. The Morgan fingerprint density at radius 2 is 1.93 bits per heavy atom. The van der Waals surface area contributed by atoms with Gasteiger partial charge in [-0.2, -0.15) is 5.10 Å². The van der Waals surface area contributed by atoms with Crippen LogP contribution in [0.15, 0.2) is 62.8 Å². The third-order valence-electron chi connectivity index (χ3n) is 3.95. The SMILES string of the molecule is Cc1cc(=O)oc2cc(OCC(=O)N/N=C\c3ccccc3OCC(=O)[O-])ccc12. The molecule has 0 aliphatic carbocycles. The highest BCUT2D eigenvalue weighted by molar-refractivity contribution is 5.86. The maximum Gasteiger partial charge on any atom is 0.336 e. The quantitative estimate of drug-likeness (QED) is 0.330. The van der Waals surface area contributed by atoms with E-state index in [1.807, 2.05) is 0 Å². The smallest absolute Gasteiger partial charge is 0.336 e. The van der Waals surface area contributed by atoms with Gasteiger partial charge >= 0.3 is 5.63 Å². The topological polar surface area (TPSA) is 130 Å². The first-order chi connectivity index (χ1) is 14.4. The summed E-state index contributed by atoms with van der Waals surface area (Å²) < 4.78 is 15.6. The highest BCUT2D eigenvalue weighted by atomic mass is 16.5. The molecule has 0 spiro atoms. The Balaban J connectivity index is 1.57. The molecule has 0 radical (unpaired) electrons. The third kappa shape index (κ3) is 5.44. The number of carbonyl (C=O) groups excluding carboxylic acids is 2. The van der Waals surface area contributed by atoms with E-state index in [0.717, 1.165) is 10.9 Å². The molecular weight excluding hydrogens is 392 g/mol. The van der Waals surface area contributed by atoms with Crippen LogP contribution in [-0.2, 0) is 9.59 Å². The van der Waals surface area contributed by atoms with E-state index in [2.05, 4.69) is 10.5 Å². The molecule has 30 heavy (non-hydrogen) atoms. The number of carboxylic acids is 1. The summed E-state index contributed by atoms with van der Waals surface area (Å²) in [6.07, 6.45) is 1.32. The molecule has 3 aromatic rings. The lowest BCUT2D eigenvalue weighted by Gasteiger charge is -2.09. The molecule has 0 saturated heterocycles. The number of aliphatic carboxylic acids is 1. The average Bonchev–Trinajstić information content (AvgIpc) is 2.71. The predicted octanol–water partition coefficient (Wildman–Crippen LogP) is 0.759. The van der Waals surface area contributed by atoms with Crippen molar-refractivity contribution in [2.24, 2.45) is 5.10 Å². The molecule has 1 N–H and O–H groups in total. The van der Waals surface area contributed by atoms with Crippen molar-refractivity contribution < 1.29 is 28.6 Å². The van der Waals surface area contributed by atoms with Gasteiger partial charge in [0, 0.05) is 23.1 Å². The molecule has 0 bridgehead atoms. The van der Waals surface area contributed by atoms with Gasteiger partial charge in [0.1, 0.15) is 23.7 Å². The normalized spacial score (nSPS) is 10.8. The van der Waals surface area contributed by atoms with Crippen LogP contribution in [0.2, 0.25) is 0 Å². The number of nitrogens with zero attached hydrogens (tertiary/aromatic N) is 1. The molecule has 9 heteroatoms. The number of carboxylic acid groups (broad SMARTS) is 1. The van der Waals surface area contributed by atoms with Crippen molar-refractivity contribution in [3.05, 3.63) is 70.1 Å². The molecule has 0 unspecified atom stereocenters. The molecule has 154 valence electrons. The van der Waals surface area contributed by atoms with Crippen LogP contribution in [0.25, 0.3) is 11.0 Å². The van der Waals surface area contributed by atoms with Crippen molar-refractivity contribution in [2.75, 3.05) is 13.2 Å². The number of amides is 1. The third-order valence-corrected chi connectivity index (χ3v) is 3.95. The molecule has 2 aromatic carbocycles. The number of benzene rings is 2. The number of fused-ring (bicyclic) bond motifs is 1. The molecule has 3 rings (SSSR count). The zero-order valence-corrected chi connectivity index (χ0v) is 15.9. The first kappa shape index (κ1) is 20.6. The predicted molar refractivity (Wildman–Crippen MR) is 105 cm³/mol. The summed E-state index contributed by atoms with van der Waals surface area (Å²) in [6, 6.07) is 12.9. The van der Waals surface area contributed by atoms with E-state index in [4.69, 9.17) is 13.9 Å². The van der Waals surface area contributed by atoms with Crippen LogP contribution < -0.4 is 25.6 Å². The van der Waals surface area contributed by atoms with Crippen LogP contribution >= 0.6 is 0 Å². The van der Waals surface area contributed by atoms with E-state index in [9.17, 15) is 19.5 Å². The maximum atomic E-state index is 11.9. The fraction of sp³-hybridized carbons (Fsp3) is 0.143. The van der Waals surface area contributed by atoms with Gasteiger partial charge in [-0.05, 0) is 36.8 Å². The van der Waals surface area contributed by atoms with Gasteiger partial charge in [-0.3, -0.25) is 4.79 Å². The van der Waals surface area contributed by atoms with Crippen LogP contribution in [0.1, 0.15) is 11.1 Å². The van der Waals surface area contributed by atoms with E-state index < -0.39 is 24.1 Å². The molecule has 0 atom stereocenters. The zero-order chi connectivity index (χ0) is 21.5. The van der Waals surface area contributed by atoms with Crippen LogP contribution in [0, 0.1) is 6.92 Å². The lowest BCUT2D eigenvalue weighted by atomic mass is 10.1. The van der Waals surface area contributed by atoms with Gasteiger partial charge in [0.05, 0.1) is 12.2 Å². The van der Waals surface area contributed by atoms with Crippen molar-refractivity contribution >= 4 is 29.1 Å². The fourth-order valence-electron chi connectivity index (χ4n) is 2.61. The minimum atomic E-state index is -1.35. The number of carbonyl (C=O) groups is 2. The summed E-state index contributed by atoms with van der Waals surface area (Å²) in [5.41, 5.74) is 3.45. The summed E-state index contributed by atoms with van der Waals surface area (Å²) in [4.78, 5) is 33.9. The van der Waals surface area contributed by atoms with Crippen LogP contribution in [0.3, 0.4) is 0 Å². The number of para-hydroxylation sites is 1. The highest BCUT2D eigenvalue weighted by Gasteiger charge is 2.06. The molecule has 0 aliphatic heterocycles. The van der Waals surface area contributed by atoms with Gasteiger partial charge in [-0.15, -0.1) is 0 Å². The first-order valence-corrected chi connectivity index (χ1v) is 8.83. The Bertz CT molecular complexity index is 1170. The Kier molecular flexibility index (Phi) is 6.43. The zero-order valence-electron chi connectivity index (χ0n) is 15.9. The van der Waals surface area contributed by atoms with Crippen molar-refractivity contribution in [3.63, 3.8) is 0 Å². The van der Waals surface area contributed by atoms with Crippen LogP contribution in [0.4, 0.5) is 0 Å². The van der Waals surface area contributed by atoms with Crippen molar-refractivity contribution in [2.45, 2.75) is 6.92 Å². The Hall–Kier alpha value is -4.14. The van der Waals surface area contributed by atoms with Crippen molar-refractivity contribution in [1.82, 2.24) is 5.43 Å². The number of rotatable bonds is 8. The molecule has 0 fully saturated rings. The first-order valence-electron chi connectivity index (χ1n) is 8.83. The Morgan fingerprint density at radius 3 is 2.73 bits per heavy atom.